The minimum atomic E-state index is -3.56. The molecule has 3 rings (SSSR count). The lowest BCUT2D eigenvalue weighted by atomic mass is 10.1. The maximum absolute atomic E-state index is 13.0. The molecule has 1 saturated heterocycles. The van der Waals surface area contributed by atoms with Crippen LogP contribution in [-0.2, 0) is 14.8 Å². The molecule has 1 fully saturated rings. The van der Waals surface area contributed by atoms with E-state index < -0.39 is 10.0 Å². The number of ether oxygens (including phenoxy) is 1. The van der Waals surface area contributed by atoms with Crippen LogP contribution < -0.4 is 4.74 Å². The van der Waals surface area contributed by atoms with Gasteiger partial charge in [-0.15, -0.1) is 0 Å². The molecule has 0 spiro atoms. The Balaban J connectivity index is 1.58. The molecule has 0 unspecified atom stereocenters. The van der Waals surface area contributed by atoms with Gasteiger partial charge in [0.2, 0.25) is 10.0 Å². The number of benzene rings is 2. The van der Waals surface area contributed by atoms with Gasteiger partial charge in [-0.25, -0.2) is 8.42 Å². The van der Waals surface area contributed by atoms with Gasteiger partial charge in [0.15, 0.2) is 6.61 Å². The van der Waals surface area contributed by atoms with Crippen LogP contribution in [-0.4, -0.2) is 56.3 Å². The quantitative estimate of drug-likeness (QED) is 0.752. The van der Waals surface area contributed by atoms with E-state index in [4.69, 9.17) is 4.74 Å². The summed E-state index contributed by atoms with van der Waals surface area (Å²) in [6.07, 6.45) is 0. The van der Waals surface area contributed by atoms with E-state index in [1.54, 1.807) is 11.0 Å². The summed E-state index contributed by atoms with van der Waals surface area (Å²) >= 11 is 0. The molecule has 0 saturated carbocycles. The van der Waals surface area contributed by atoms with Crippen molar-refractivity contribution in [2.45, 2.75) is 32.6 Å². The van der Waals surface area contributed by atoms with Gasteiger partial charge in [0.1, 0.15) is 5.75 Å². The minimum absolute atomic E-state index is 0.0479. The average Bonchev–Trinajstić information content (AvgIpc) is 2.67. The largest absolute Gasteiger partial charge is 0.484 e. The smallest absolute Gasteiger partial charge is 0.260 e. The van der Waals surface area contributed by atoms with Gasteiger partial charge in [0, 0.05) is 26.2 Å². The number of rotatable bonds is 5. The fourth-order valence-electron chi connectivity index (χ4n) is 3.60. The second-order valence-electron chi connectivity index (χ2n) is 7.61. The van der Waals surface area contributed by atoms with E-state index in [1.165, 1.54) is 4.31 Å². The Morgan fingerprint density at radius 1 is 0.897 bits per heavy atom. The third-order valence-electron chi connectivity index (χ3n) is 5.22. The monoisotopic (exact) mass is 416 g/mol. The van der Waals surface area contributed by atoms with Crippen LogP contribution >= 0.6 is 0 Å². The third-order valence-corrected chi connectivity index (χ3v) is 7.28. The standard InChI is InChI=1S/C22H28N2O4S/c1-16-5-7-20(18(3)13-16)28-15-22(25)23-9-11-24(12-10-23)29(26,27)21-8-6-17(2)14-19(21)4/h5-8,13-14H,9-12,15H2,1-4H3. The van der Waals surface area contributed by atoms with Crippen LogP contribution in [0.2, 0.25) is 0 Å². The molecule has 0 atom stereocenters. The maximum atomic E-state index is 13.0. The van der Waals surface area contributed by atoms with Crippen LogP contribution in [0.15, 0.2) is 41.3 Å². The second-order valence-corrected chi connectivity index (χ2v) is 9.52. The lowest BCUT2D eigenvalue weighted by Gasteiger charge is -2.34. The van der Waals surface area contributed by atoms with Crippen molar-refractivity contribution in [3.05, 3.63) is 58.7 Å². The number of hydrogen-bond donors (Lipinski definition) is 0. The highest BCUT2D eigenvalue weighted by Gasteiger charge is 2.31. The van der Waals surface area contributed by atoms with Crippen LogP contribution in [0.3, 0.4) is 0 Å². The molecule has 0 N–H and O–H groups in total. The molecule has 1 aliphatic heterocycles. The van der Waals surface area contributed by atoms with Crippen molar-refractivity contribution in [1.82, 2.24) is 9.21 Å². The van der Waals surface area contributed by atoms with E-state index in [9.17, 15) is 13.2 Å². The van der Waals surface area contributed by atoms with Gasteiger partial charge >= 0.3 is 0 Å². The van der Waals surface area contributed by atoms with Crippen LogP contribution in [0, 0.1) is 27.7 Å². The zero-order chi connectivity index (χ0) is 21.2. The number of carbonyl (C=O) groups is 1. The Morgan fingerprint density at radius 2 is 1.48 bits per heavy atom. The van der Waals surface area contributed by atoms with Gasteiger partial charge in [0.05, 0.1) is 4.90 Å². The summed E-state index contributed by atoms with van der Waals surface area (Å²) in [5, 5.41) is 0. The normalized spacial score (nSPS) is 15.4. The van der Waals surface area contributed by atoms with Crippen molar-refractivity contribution in [3.63, 3.8) is 0 Å². The summed E-state index contributed by atoms with van der Waals surface area (Å²) in [5.74, 6) is 0.563. The Labute approximate surface area is 173 Å². The highest BCUT2D eigenvalue weighted by Crippen LogP contribution is 2.22. The second kappa shape index (κ2) is 8.55. The van der Waals surface area contributed by atoms with E-state index in [0.29, 0.717) is 23.7 Å². The Hall–Kier alpha value is -2.38. The molecular weight excluding hydrogens is 388 g/mol. The molecule has 2 aromatic rings. The van der Waals surface area contributed by atoms with Gasteiger partial charge in [-0.05, 0) is 51.0 Å². The third kappa shape index (κ3) is 4.79. The van der Waals surface area contributed by atoms with Crippen molar-refractivity contribution in [2.24, 2.45) is 0 Å². The van der Waals surface area contributed by atoms with Gasteiger partial charge in [-0.3, -0.25) is 4.79 Å². The Bertz CT molecular complexity index is 1010. The zero-order valence-corrected chi connectivity index (χ0v) is 18.3. The number of carbonyl (C=O) groups excluding carboxylic acids is 1. The number of aryl methyl sites for hydroxylation is 4. The zero-order valence-electron chi connectivity index (χ0n) is 17.4. The Kier molecular flexibility index (Phi) is 6.29. The van der Waals surface area contributed by atoms with E-state index >= 15 is 0 Å². The first-order valence-electron chi connectivity index (χ1n) is 9.74. The van der Waals surface area contributed by atoms with E-state index in [1.807, 2.05) is 58.0 Å². The Morgan fingerprint density at radius 3 is 2.07 bits per heavy atom. The summed E-state index contributed by atoms with van der Waals surface area (Å²) in [5.41, 5.74) is 3.90. The topological polar surface area (TPSA) is 66.9 Å². The number of sulfonamides is 1. The van der Waals surface area contributed by atoms with Gasteiger partial charge in [-0.1, -0.05) is 35.4 Å². The van der Waals surface area contributed by atoms with E-state index in [-0.39, 0.29) is 25.6 Å². The molecule has 1 aliphatic rings. The fraction of sp³-hybridized carbons (Fsp3) is 0.409. The van der Waals surface area contributed by atoms with Crippen molar-refractivity contribution in [2.75, 3.05) is 32.8 Å². The summed E-state index contributed by atoms with van der Waals surface area (Å²) in [6, 6.07) is 11.2. The SMILES string of the molecule is Cc1ccc(OCC(=O)N2CCN(S(=O)(=O)c3ccc(C)cc3C)CC2)c(C)c1. The first kappa shape index (κ1) is 21.3. The van der Waals surface area contributed by atoms with Gasteiger partial charge in [-0.2, -0.15) is 4.31 Å². The molecule has 156 valence electrons. The summed E-state index contributed by atoms with van der Waals surface area (Å²) in [6.45, 7) is 8.94. The maximum Gasteiger partial charge on any atom is 0.260 e. The lowest BCUT2D eigenvalue weighted by molar-refractivity contribution is -0.134. The molecule has 1 heterocycles. The summed E-state index contributed by atoms with van der Waals surface area (Å²) < 4.78 is 33.1. The highest BCUT2D eigenvalue weighted by atomic mass is 32.2. The number of piperazine rings is 1. The molecule has 0 aromatic heterocycles. The van der Waals surface area contributed by atoms with Gasteiger partial charge < -0.3 is 9.64 Å². The van der Waals surface area contributed by atoms with Crippen LogP contribution in [0.1, 0.15) is 22.3 Å². The molecule has 1 amide bonds. The highest BCUT2D eigenvalue weighted by molar-refractivity contribution is 7.89. The molecule has 29 heavy (non-hydrogen) atoms. The van der Waals surface area contributed by atoms with Crippen LogP contribution in [0.4, 0.5) is 0 Å². The molecule has 6 nitrogen and oxygen atoms in total. The first-order valence-corrected chi connectivity index (χ1v) is 11.2. The van der Waals surface area contributed by atoms with Crippen LogP contribution in [0.5, 0.6) is 5.75 Å². The van der Waals surface area contributed by atoms with Crippen molar-refractivity contribution >= 4 is 15.9 Å². The van der Waals surface area contributed by atoms with E-state index in [0.717, 1.165) is 22.3 Å². The van der Waals surface area contributed by atoms with Crippen LogP contribution in [0.25, 0.3) is 0 Å². The summed E-state index contributed by atoms with van der Waals surface area (Å²) in [7, 11) is -3.56. The predicted octanol–water partition coefficient (Wildman–Crippen LogP) is 2.83. The molecule has 7 heteroatoms. The fourth-order valence-corrected chi connectivity index (χ4v) is 5.23. The van der Waals surface area contributed by atoms with E-state index in [2.05, 4.69) is 0 Å². The van der Waals surface area contributed by atoms with Crippen molar-refractivity contribution in [3.8, 4) is 5.75 Å². The molecule has 0 radical (unpaired) electrons. The first-order chi connectivity index (χ1) is 13.7. The summed E-state index contributed by atoms with van der Waals surface area (Å²) in [4.78, 5) is 14.5. The molecule has 2 aromatic carbocycles. The number of amides is 1. The van der Waals surface area contributed by atoms with Gasteiger partial charge in [0.25, 0.3) is 5.91 Å². The number of hydrogen-bond acceptors (Lipinski definition) is 4. The molecule has 0 aliphatic carbocycles. The average molecular weight is 417 g/mol. The minimum Gasteiger partial charge on any atom is -0.484 e. The van der Waals surface area contributed by atoms with Crippen molar-refractivity contribution in [1.29, 1.82) is 0 Å². The number of nitrogens with zero attached hydrogens (tertiary/aromatic N) is 2. The molecule has 0 bridgehead atoms. The lowest BCUT2D eigenvalue weighted by Crippen LogP contribution is -2.51. The predicted molar refractivity (Wildman–Crippen MR) is 113 cm³/mol. The molecular formula is C22H28N2O4S. The van der Waals surface area contributed by atoms with Crippen molar-refractivity contribution < 1.29 is 17.9 Å².